The molecule has 1 aliphatic rings. The minimum absolute atomic E-state index is 0.197. The van der Waals surface area contributed by atoms with Gasteiger partial charge in [0.15, 0.2) is 0 Å². The van der Waals surface area contributed by atoms with Crippen LogP contribution in [0, 0.1) is 6.92 Å². The van der Waals surface area contributed by atoms with Crippen molar-refractivity contribution in [2.45, 2.75) is 37.5 Å². The predicted molar refractivity (Wildman–Crippen MR) is 138 cm³/mol. The molecule has 0 bridgehead atoms. The molecule has 1 fully saturated rings. The Labute approximate surface area is 212 Å². The van der Waals surface area contributed by atoms with Gasteiger partial charge in [0.05, 0.1) is 20.3 Å². The minimum atomic E-state index is -3.57. The topological polar surface area (TPSA) is 97.2 Å². The fourth-order valence-corrected chi connectivity index (χ4v) is 6.87. The third kappa shape index (κ3) is 4.84. The van der Waals surface area contributed by atoms with Gasteiger partial charge >= 0.3 is 0 Å². The summed E-state index contributed by atoms with van der Waals surface area (Å²) in [4.78, 5) is 17.8. The second-order valence-electron chi connectivity index (χ2n) is 8.46. The molecule has 8 nitrogen and oxygen atoms in total. The average molecular weight is 530 g/mol. The third-order valence-electron chi connectivity index (χ3n) is 5.93. The molecule has 1 aliphatic heterocycles. The molecule has 2 aromatic heterocycles. The van der Waals surface area contributed by atoms with Crippen molar-refractivity contribution in [3.8, 4) is 5.13 Å². The van der Waals surface area contributed by atoms with Crippen LogP contribution in [0.4, 0.5) is 5.82 Å². The zero-order valence-electron chi connectivity index (χ0n) is 19.1. The first-order valence-electron chi connectivity index (χ1n) is 11.4. The van der Waals surface area contributed by atoms with Crippen molar-refractivity contribution in [1.82, 2.24) is 19.1 Å². The first-order chi connectivity index (χ1) is 16.8. The van der Waals surface area contributed by atoms with E-state index in [0.717, 1.165) is 30.4 Å². The number of anilines is 1. The second kappa shape index (κ2) is 9.69. The van der Waals surface area contributed by atoms with Crippen LogP contribution in [-0.4, -0.2) is 46.5 Å². The van der Waals surface area contributed by atoms with Crippen molar-refractivity contribution >= 4 is 54.9 Å². The molecule has 1 amide bonds. The molecule has 0 saturated carbocycles. The lowest BCUT2D eigenvalue weighted by atomic mass is 10.2. The Morgan fingerprint density at radius 3 is 2.46 bits per heavy atom. The van der Waals surface area contributed by atoms with Crippen LogP contribution in [0.5, 0.6) is 0 Å². The summed E-state index contributed by atoms with van der Waals surface area (Å²) in [5.74, 6) is 0.0907. The summed E-state index contributed by atoms with van der Waals surface area (Å²) in [5, 5.41) is 8.48. The van der Waals surface area contributed by atoms with Crippen LogP contribution in [-0.2, 0) is 10.0 Å². The van der Waals surface area contributed by atoms with Gasteiger partial charge in [-0.3, -0.25) is 4.79 Å². The number of para-hydroxylation sites is 1. The molecule has 11 heteroatoms. The van der Waals surface area contributed by atoms with Gasteiger partial charge in [-0.25, -0.2) is 13.4 Å². The molecular weight excluding hydrogens is 506 g/mol. The summed E-state index contributed by atoms with van der Waals surface area (Å²) in [5.41, 5.74) is 1.74. The molecule has 4 aromatic rings. The van der Waals surface area contributed by atoms with Gasteiger partial charge in [0, 0.05) is 24.7 Å². The number of carbonyl (C=O) groups excluding carboxylic acids is 1. The van der Waals surface area contributed by atoms with Gasteiger partial charge in [-0.1, -0.05) is 41.8 Å². The van der Waals surface area contributed by atoms with E-state index in [4.69, 9.17) is 11.6 Å². The van der Waals surface area contributed by atoms with Crippen molar-refractivity contribution in [1.29, 1.82) is 0 Å². The van der Waals surface area contributed by atoms with Gasteiger partial charge in [-0.2, -0.15) is 14.1 Å². The molecule has 3 heterocycles. The van der Waals surface area contributed by atoms with E-state index in [2.05, 4.69) is 15.4 Å². The summed E-state index contributed by atoms with van der Waals surface area (Å²) < 4.78 is 30.1. The van der Waals surface area contributed by atoms with Crippen LogP contribution in [0.25, 0.3) is 15.3 Å². The standard InChI is InChI=1S/C24H24ClN5O3S2/c1-16-15-21(30(28-16)24-27-22-19(25)7-6-8-20(22)34-24)26-23(31)17-9-11-18(12-10-17)35(32,33)29-13-4-2-3-5-14-29/h6-12,15H,2-5,13-14H2,1H3,(H,26,31). The number of fused-ring (bicyclic) bond motifs is 1. The highest BCUT2D eigenvalue weighted by atomic mass is 35.5. The number of thiazole rings is 1. The Kier molecular flexibility index (Phi) is 6.63. The lowest BCUT2D eigenvalue weighted by Gasteiger charge is -2.20. The number of amides is 1. The normalized spacial score (nSPS) is 15.3. The second-order valence-corrected chi connectivity index (χ2v) is 11.8. The smallest absolute Gasteiger partial charge is 0.256 e. The SMILES string of the molecule is Cc1cc(NC(=O)c2ccc(S(=O)(=O)N3CCCCCC3)cc2)n(-c2nc3c(Cl)cccc3s2)n1. The van der Waals surface area contributed by atoms with E-state index in [1.807, 2.05) is 19.1 Å². The molecule has 1 N–H and O–H groups in total. The van der Waals surface area contributed by atoms with Gasteiger partial charge in [0.1, 0.15) is 11.3 Å². The van der Waals surface area contributed by atoms with E-state index in [0.29, 0.717) is 45.8 Å². The number of nitrogens with zero attached hydrogens (tertiary/aromatic N) is 4. The molecule has 0 aliphatic carbocycles. The van der Waals surface area contributed by atoms with E-state index in [9.17, 15) is 13.2 Å². The Balaban J connectivity index is 1.37. The van der Waals surface area contributed by atoms with Crippen molar-refractivity contribution < 1.29 is 13.2 Å². The number of hydrogen-bond donors (Lipinski definition) is 1. The number of rotatable bonds is 5. The summed E-state index contributed by atoms with van der Waals surface area (Å²) in [7, 11) is -3.57. The molecule has 0 atom stereocenters. The molecule has 1 saturated heterocycles. The van der Waals surface area contributed by atoms with Crippen molar-refractivity contribution in [3.05, 3.63) is 64.8 Å². The van der Waals surface area contributed by atoms with Crippen molar-refractivity contribution in [2.24, 2.45) is 0 Å². The van der Waals surface area contributed by atoms with Crippen LogP contribution >= 0.6 is 22.9 Å². The van der Waals surface area contributed by atoms with Crippen LogP contribution in [0.2, 0.25) is 5.02 Å². The monoisotopic (exact) mass is 529 g/mol. The molecule has 182 valence electrons. The number of carbonyl (C=O) groups is 1. The minimum Gasteiger partial charge on any atom is -0.306 e. The molecular formula is C24H24ClN5O3S2. The first-order valence-corrected chi connectivity index (χ1v) is 14.0. The highest BCUT2D eigenvalue weighted by Gasteiger charge is 2.25. The summed E-state index contributed by atoms with van der Waals surface area (Å²) in [6.45, 7) is 2.89. The number of nitrogens with one attached hydrogen (secondary N) is 1. The molecule has 0 spiro atoms. The van der Waals surface area contributed by atoms with Gasteiger partial charge in [0.25, 0.3) is 5.91 Å². The van der Waals surface area contributed by atoms with Crippen molar-refractivity contribution in [2.75, 3.05) is 18.4 Å². The van der Waals surface area contributed by atoms with Crippen LogP contribution < -0.4 is 5.32 Å². The van der Waals surface area contributed by atoms with Crippen LogP contribution in [0.15, 0.2) is 53.4 Å². The van der Waals surface area contributed by atoms with Gasteiger partial charge in [0.2, 0.25) is 15.2 Å². The predicted octanol–water partition coefficient (Wildman–Crippen LogP) is 5.26. The number of sulfonamides is 1. The zero-order chi connectivity index (χ0) is 24.6. The zero-order valence-corrected chi connectivity index (χ0v) is 21.5. The van der Waals surface area contributed by atoms with E-state index >= 15 is 0 Å². The van der Waals surface area contributed by atoms with Crippen LogP contribution in [0.3, 0.4) is 0 Å². The van der Waals surface area contributed by atoms with Gasteiger partial charge in [-0.15, -0.1) is 0 Å². The van der Waals surface area contributed by atoms with Crippen molar-refractivity contribution in [3.63, 3.8) is 0 Å². The quantitative estimate of drug-likeness (QED) is 0.380. The van der Waals surface area contributed by atoms with Gasteiger partial charge in [-0.05, 0) is 56.2 Å². The largest absolute Gasteiger partial charge is 0.306 e. The summed E-state index contributed by atoms with van der Waals surface area (Å²) in [6, 6.07) is 13.4. The lowest BCUT2D eigenvalue weighted by Crippen LogP contribution is -2.31. The van der Waals surface area contributed by atoms with Crippen LogP contribution in [0.1, 0.15) is 41.7 Å². The fraction of sp³-hybridized carbons (Fsp3) is 0.292. The van der Waals surface area contributed by atoms with E-state index in [1.165, 1.54) is 35.6 Å². The molecule has 0 radical (unpaired) electrons. The highest BCUT2D eigenvalue weighted by Crippen LogP contribution is 2.31. The van der Waals surface area contributed by atoms with E-state index < -0.39 is 10.0 Å². The van der Waals surface area contributed by atoms with Gasteiger partial charge < -0.3 is 5.32 Å². The molecule has 35 heavy (non-hydrogen) atoms. The first kappa shape index (κ1) is 23.9. The number of aromatic nitrogens is 3. The Hall–Kier alpha value is -2.79. The Morgan fingerprint density at radius 2 is 1.77 bits per heavy atom. The maximum absolute atomic E-state index is 13.0. The number of halogens is 1. The fourth-order valence-electron chi connectivity index (χ4n) is 4.13. The maximum atomic E-state index is 13.0. The van der Waals surface area contributed by atoms with E-state index in [-0.39, 0.29) is 10.8 Å². The molecule has 0 unspecified atom stereocenters. The third-order valence-corrected chi connectivity index (χ3v) is 9.15. The molecule has 5 rings (SSSR count). The summed E-state index contributed by atoms with van der Waals surface area (Å²) >= 11 is 7.69. The van der Waals surface area contributed by atoms with E-state index in [1.54, 1.807) is 21.1 Å². The number of benzene rings is 2. The molecule has 2 aromatic carbocycles. The Bertz CT molecular complexity index is 1490. The summed E-state index contributed by atoms with van der Waals surface area (Å²) in [6.07, 6.45) is 3.83. The maximum Gasteiger partial charge on any atom is 0.256 e. The highest BCUT2D eigenvalue weighted by molar-refractivity contribution is 7.89. The lowest BCUT2D eigenvalue weighted by molar-refractivity contribution is 0.102. The number of aryl methyl sites for hydroxylation is 1. The Morgan fingerprint density at radius 1 is 1.06 bits per heavy atom. The number of hydrogen-bond acceptors (Lipinski definition) is 6. The average Bonchev–Trinajstić information content (AvgIpc) is 3.31.